The molecule has 1 fully saturated rings. The molecule has 1 aliphatic rings. The van der Waals surface area contributed by atoms with E-state index in [1.165, 1.54) is 25.0 Å². The summed E-state index contributed by atoms with van der Waals surface area (Å²) < 4.78 is 0. The number of hydrogen-bond acceptors (Lipinski definition) is 2. The van der Waals surface area contributed by atoms with E-state index in [4.69, 9.17) is 0 Å². The molecule has 2 nitrogen and oxygen atoms in total. The highest BCUT2D eigenvalue weighted by molar-refractivity contribution is 5.03. The highest BCUT2D eigenvalue weighted by atomic mass is 14.9. The molecule has 1 heterocycles. The molecule has 2 atom stereocenters. The average Bonchev–Trinajstić information content (AvgIpc) is 2.66. The van der Waals surface area contributed by atoms with Crippen LogP contribution in [0.5, 0.6) is 0 Å². The second kappa shape index (κ2) is 5.26. The van der Waals surface area contributed by atoms with Crippen LogP contribution in [0, 0.1) is 5.92 Å². The van der Waals surface area contributed by atoms with Crippen LogP contribution < -0.4 is 5.32 Å². The Kier molecular flexibility index (Phi) is 3.73. The quantitative estimate of drug-likeness (QED) is 0.814. The summed E-state index contributed by atoms with van der Waals surface area (Å²) in [4.78, 5) is 4.32. The Morgan fingerprint density at radius 3 is 3.00 bits per heavy atom. The predicted octanol–water partition coefficient (Wildman–Crippen LogP) is 2.40. The molecule has 1 saturated carbocycles. The lowest BCUT2D eigenvalue weighted by molar-refractivity contribution is 0.429. The number of rotatable bonds is 4. The summed E-state index contributed by atoms with van der Waals surface area (Å²) in [6.07, 6.45) is 7.05. The Morgan fingerprint density at radius 2 is 2.33 bits per heavy atom. The predicted molar refractivity (Wildman–Crippen MR) is 62.7 cm³/mol. The fraction of sp³-hybridized carbons (Fsp3) is 0.615. The summed E-state index contributed by atoms with van der Waals surface area (Å²) in [6.45, 7) is 3.41. The van der Waals surface area contributed by atoms with Gasteiger partial charge in [-0.1, -0.05) is 19.4 Å². The molecule has 0 spiro atoms. The lowest BCUT2D eigenvalue weighted by Crippen LogP contribution is -2.32. The van der Waals surface area contributed by atoms with Crippen LogP contribution in [0.25, 0.3) is 0 Å². The number of pyridine rings is 1. The molecule has 15 heavy (non-hydrogen) atoms. The summed E-state index contributed by atoms with van der Waals surface area (Å²) in [7, 11) is 0. The molecular formula is C13H20N2. The molecule has 82 valence electrons. The number of hydrogen-bond donors (Lipinski definition) is 1. The first kappa shape index (κ1) is 10.6. The zero-order valence-electron chi connectivity index (χ0n) is 9.45. The van der Waals surface area contributed by atoms with Crippen molar-refractivity contribution in [3.05, 3.63) is 30.1 Å². The highest BCUT2D eigenvalue weighted by Gasteiger charge is 2.21. The van der Waals surface area contributed by atoms with Crippen molar-refractivity contribution >= 4 is 0 Å². The molecule has 0 unspecified atom stereocenters. The van der Waals surface area contributed by atoms with Gasteiger partial charge < -0.3 is 5.32 Å². The van der Waals surface area contributed by atoms with E-state index in [9.17, 15) is 0 Å². The van der Waals surface area contributed by atoms with Gasteiger partial charge in [0.1, 0.15) is 0 Å². The molecule has 0 saturated heterocycles. The summed E-state index contributed by atoms with van der Waals surface area (Å²) in [5.41, 5.74) is 1.19. The van der Waals surface area contributed by atoms with Crippen LogP contribution in [0.4, 0.5) is 0 Å². The third-order valence-corrected chi connectivity index (χ3v) is 3.38. The fourth-order valence-electron chi connectivity index (χ4n) is 2.38. The van der Waals surface area contributed by atoms with Gasteiger partial charge in [0, 0.05) is 30.9 Å². The molecule has 0 amide bonds. The molecule has 1 aromatic rings. The molecule has 0 aromatic carbocycles. The van der Waals surface area contributed by atoms with Crippen LogP contribution in [0.3, 0.4) is 0 Å². The standard InChI is InChI=1S/C13H20N2/c1-11-5-4-7-13(11)15-10-8-12-6-2-3-9-14-12/h2-3,6,9,11,13,15H,4-5,7-8,10H2,1H3/t11-,13+/m1/s1. The Morgan fingerprint density at radius 1 is 1.40 bits per heavy atom. The lowest BCUT2D eigenvalue weighted by Gasteiger charge is -2.16. The van der Waals surface area contributed by atoms with E-state index in [1.807, 2.05) is 12.3 Å². The largest absolute Gasteiger partial charge is 0.313 e. The van der Waals surface area contributed by atoms with Crippen molar-refractivity contribution in [2.24, 2.45) is 5.92 Å². The van der Waals surface area contributed by atoms with Gasteiger partial charge in [-0.2, -0.15) is 0 Å². The van der Waals surface area contributed by atoms with E-state index in [0.29, 0.717) is 0 Å². The van der Waals surface area contributed by atoms with Crippen LogP contribution in [0.2, 0.25) is 0 Å². The summed E-state index contributed by atoms with van der Waals surface area (Å²) >= 11 is 0. The molecule has 1 N–H and O–H groups in total. The monoisotopic (exact) mass is 204 g/mol. The minimum atomic E-state index is 0.744. The molecule has 2 heteroatoms. The highest BCUT2D eigenvalue weighted by Crippen LogP contribution is 2.24. The third-order valence-electron chi connectivity index (χ3n) is 3.38. The van der Waals surface area contributed by atoms with Gasteiger partial charge in [0.2, 0.25) is 0 Å². The van der Waals surface area contributed by atoms with Gasteiger partial charge in [-0.15, -0.1) is 0 Å². The Bertz CT molecular complexity index is 284. The second-order valence-electron chi connectivity index (χ2n) is 4.54. The number of aromatic nitrogens is 1. The Balaban J connectivity index is 1.71. The first-order valence-electron chi connectivity index (χ1n) is 5.99. The smallest absolute Gasteiger partial charge is 0.0416 e. The molecule has 2 rings (SSSR count). The fourth-order valence-corrected chi connectivity index (χ4v) is 2.38. The van der Waals surface area contributed by atoms with Crippen molar-refractivity contribution in [1.82, 2.24) is 10.3 Å². The zero-order chi connectivity index (χ0) is 10.5. The summed E-state index contributed by atoms with van der Waals surface area (Å²) in [6, 6.07) is 6.87. The van der Waals surface area contributed by atoms with Gasteiger partial charge in [0.25, 0.3) is 0 Å². The first-order chi connectivity index (χ1) is 7.36. The van der Waals surface area contributed by atoms with Crippen LogP contribution in [0.15, 0.2) is 24.4 Å². The van der Waals surface area contributed by atoms with Crippen LogP contribution >= 0.6 is 0 Å². The van der Waals surface area contributed by atoms with Gasteiger partial charge in [0.15, 0.2) is 0 Å². The maximum Gasteiger partial charge on any atom is 0.0416 e. The normalized spacial score (nSPS) is 25.7. The Labute approximate surface area is 92.1 Å². The molecular weight excluding hydrogens is 184 g/mol. The van der Waals surface area contributed by atoms with Crippen molar-refractivity contribution in [3.63, 3.8) is 0 Å². The van der Waals surface area contributed by atoms with E-state index in [2.05, 4.69) is 29.4 Å². The van der Waals surface area contributed by atoms with Crippen molar-refractivity contribution in [1.29, 1.82) is 0 Å². The van der Waals surface area contributed by atoms with E-state index in [0.717, 1.165) is 24.9 Å². The van der Waals surface area contributed by atoms with Gasteiger partial charge >= 0.3 is 0 Å². The first-order valence-corrected chi connectivity index (χ1v) is 5.99. The second-order valence-corrected chi connectivity index (χ2v) is 4.54. The van der Waals surface area contributed by atoms with Gasteiger partial charge in [0.05, 0.1) is 0 Å². The maximum atomic E-state index is 4.32. The minimum Gasteiger partial charge on any atom is -0.313 e. The van der Waals surface area contributed by atoms with Gasteiger partial charge in [-0.25, -0.2) is 0 Å². The molecule has 0 aliphatic heterocycles. The van der Waals surface area contributed by atoms with Crippen LogP contribution in [-0.2, 0) is 6.42 Å². The molecule has 0 radical (unpaired) electrons. The van der Waals surface area contributed by atoms with Crippen LogP contribution in [-0.4, -0.2) is 17.6 Å². The summed E-state index contributed by atoms with van der Waals surface area (Å²) in [5, 5.41) is 3.64. The van der Waals surface area contributed by atoms with Gasteiger partial charge in [-0.3, -0.25) is 4.98 Å². The van der Waals surface area contributed by atoms with Crippen molar-refractivity contribution < 1.29 is 0 Å². The van der Waals surface area contributed by atoms with E-state index >= 15 is 0 Å². The van der Waals surface area contributed by atoms with E-state index in [1.54, 1.807) is 0 Å². The van der Waals surface area contributed by atoms with Crippen molar-refractivity contribution in [3.8, 4) is 0 Å². The molecule has 1 aliphatic carbocycles. The van der Waals surface area contributed by atoms with Crippen molar-refractivity contribution in [2.75, 3.05) is 6.54 Å². The third kappa shape index (κ3) is 3.03. The minimum absolute atomic E-state index is 0.744. The maximum absolute atomic E-state index is 4.32. The number of nitrogens with zero attached hydrogens (tertiary/aromatic N) is 1. The topological polar surface area (TPSA) is 24.9 Å². The molecule has 1 aromatic heterocycles. The van der Waals surface area contributed by atoms with Crippen molar-refractivity contribution in [2.45, 2.75) is 38.6 Å². The van der Waals surface area contributed by atoms with Crippen LogP contribution in [0.1, 0.15) is 31.9 Å². The summed E-state index contributed by atoms with van der Waals surface area (Å²) in [5.74, 6) is 0.855. The lowest BCUT2D eigenvalue weighted by atomic mass is 10.1. The van der Waals surface area contributed by atoms with Gasteiger partial charge in [-0.05, 0) is 30.9 Å². The zero-order valence-corrected chi connectivity index (χ0v) is 9.45. The SMILES string of the molecule is C[C@@H]1CCC[C@@H]1NCCc1ccccn1. The average molecular weight is 204 g/mol. The Hall–Kier alpha value is -0.890. The van der Waals surface area contributed by atoms with E-state index < -0.39 is 0 Å². The number of nitrogens with one attached hydrogen (secondary N) is 1. The molecule has 0 bridgehead atoms. The van der Waals surface area contributed by atoms with E-state index in [-0.39, 0.29) is 0 Å².